The molecule has 0 radical (unpaired) electrons. The van der Waals surface area contributed by atoms with Crippen LogP contribution in [0.1, 0.15) is 6.92 Å². The van der Waals surface area contributed by atoms with Crippen LogP contribution in [0, 0.1) is 0 Å². The second-order valence-corrected chi connectivity index (χ2v) is 3.63. The van der Waals surface area contributed by atoms with Crippen molar-refractivity contribution in [1.82, 2.24) is 5.32 Å². The molecule has 0 aliphatic heterocycles. The van der Waals surface area contributed by atoms with Crippen LogP contribution in [0.15, 0.2) is 0 Å². The summed E-state index contributed by atoms with van der Waals surface area (Å²) in [4.78, 5) is 10.9. The van der Waals surface area contributed by atoms with E-state index in [2.05, 4.69) is 5.32 Å². The molecule has 0 atom stereocenters. The molecule has 0 spiro atoms. The molecule has 0 unspecified atom stereocenters. The van der Waals surface area contributed by atoms with Crippen LogP contribution in [-0.4, -0.2) is 59.0 Å². The minimum atomic E-state index is -0.454. The molecule has 0 aromatic rings. The van der Waals surface area contributed by atoms with Gasteiger partial charge >= 0.3 is 0 Å². The predicted molar refractivity (Wildman–Crippen MR) is 57.0 cm³/mol. The lowest BCUT2D eigenvalue weighted by molar-refractivity contribution is -0.117. The topological polar surface area (TPSA) is 56.8 Å². The van der Waals surface area contributed by atoms with E-state index >= 15 is 0 Å². The second kappa shape index (κ2) is 7.76. The molecule has 0 aromatic carbocycles. The lowest BCUT2D eigenvalue weighted by Gasteiger charge is -2.32. The van der Waals surface area contributed by atoms with E-state index in [0.717, 1.165) is 0 Å². The van der Waals surface area contributed by atoms with Gasteiger partial charge in [-0.3, -0.25) is 10.1 Å². The maximum absolute atomic E-state index is 10.9. The maximum atomic E-state index is 10.9. The highest BCUT2D eigenvalue weighted by Crippen LogP contribution is 2.06. The molecule has 0 aliphatic carbocycles. The van der Waals surface area contributed by atoms with E-state index < -0.39 is 5.54 Å². The van der Waals surface area contributed by atoms with Crippen molar-refractivity contribution in [2.75, 3.05) is 47.7 Å². The Morgan fingerprint density at radius 3 is 1.73 bits per heavy atom. The second-order valence-electron chi connectivity index (χ2n) is 3.63. The molecule has 0 fully saturated rings. The summed E-state index contributed by atoms with van der Waals surface area (Å²) in [5.74, 6) is 0.0719. The monoisotopic (exact) mass is 219 g/mol. The maximum Gasteiger partial charge on any atom is 0.143 e. The van der Waals surface area contributed by atoms with Crippen molar-refractivity contribution in [3.8, 4) is 0 Å². The zero-order valence-electron chi connectivity index (χ0n) is 9.96. The summed E-state index contributed by atoms with van der Waals surface area (Å²) >= 11 is 0. The summed E-state index contributed by atoms with van der Waals surface area (Å²) in [5, 5.41) is 3.11. The first-order valence-corrected chi connectivity index (χ1v) is 4.81. The summed E-state index contributed by atoms with van der Waals surface area (Å²) in [6, 6.07) is 0. The first-order valence-electron chi connectivity index (χ1n) is 4.81. The molecule has 0 rings (SSSR count). The summed E-state index contributed by atoms with van der Waals surface area (Å²) in [7, 11) is 4.82. The molecule has 0 amide bonds. The third kappa shape index (κ3) is 5.84. The van der Waals surface area contributed by atoms with Crippen LogP contribution in [-0.2, 0) is 19.0 Å². The Labute approximate surface area is 91.1 Å². The molecule has 5 heteroatoms. The summed E-state index contributed by atoms with van der Waals surface area (Å²) in [5.41, 5.74) is -0.454. The molecule has 0 saturated heterocycles. The molecule has 0 aliphatic rings. The van der Waals surface area contributed by atoms with Gasteiger partial charge < -0.3 is 14.2 Å². The number of hydrogen-bond donors (Lipinski definition) is 1. The lowest BCUT2D eigenvalue weighted by atomic mass is 10.0. The van der Waals surface area contributed by atoms with Gasteiger partial charge in [-0.25, -0.2) is 0 Å². The number of carbonyl (C=O) groups excluding carboxylic acids is 1. The van der Waals surface area contributed by atoms with Crippen LogP contribution in [0.4, 0.5) is 0 Å². The van der Waals surface area contributed by atoms with Gasteiger partial charge in [-0.2, -0.15) is 0 Å². The average molecular weight is 219 g/mol. The summed E-state index contributed by atoms with van der Waals surface area (Å²) in [6.45, 7) is 3.12. The molecule has 15 heavy (non-hydrogen) atoms. The van der Waals surface area contributed by atoms with Crippen molar-refractivity contribution in [1.29, 1.82) is 0 Å². The van der Waals surface area contributed by atoms with Gasteiger partial charge in [0.05, 0.1) is 31.9 Å². The molecular formula is C10H21NO4. The number of nitrogens with one attached hydrogen (secondary N) is 1. The van der Waals surface area contributed by atoms with Crippen LogP contribution in [0.3, 0.4) is 0 Å². The Bertz CT molecular complexity index is 167. The number of ketones is 1. The molecule has 90 valence electrons. The van der Waals surface area contributed by atoms with Crippen molar-refractivity contribution in [2.45, 2.75) is 12.5 Å². The van der Waals surface area contributed by atoms with Gasteiger partial charge in [0.1, 0.15) is 5.78 Å². The van der Waals surface area contributed by atoms with Crippen LogP contribution in [0.25, 0.3) is 0 Å². The van der Waals surface area contributed by atoms with Gasteiger partial charge in [-0.15, -0.1) is 0 Å². The molecule has 0 bridgehead atoms. The summed E-state index contributed by atoms with van der Waals surface area (Å²) in [6.07, 6.45) is 0. The number of ether oxygens (including phenoxy) is 3. The smallest absolute Gasteiger partial charge is 0.143 e. The Morgan fingerprint density at radius 2 is 1.47 bits per heavy atom. The lowest BCUT2D eigenvalue weighted by Crippen LogP contribution is -2.57. The van der Waals surface area contributed by atoms with Crippen LogP contribution >= 0.6 is 0 Å². The number of Topliss-reactive ketones (excluding diaryl/α,β-unsaturated/α-hetero) is 1. The molecule has 1 N–H and O–H groups in total. The average Bonchev–Trinajstić information content (AvgIpc) is 2.16. The number of carbonyl (C=O) groups is 1. The SMILES string of the molecule is COCC(COC)(COC)NCC(C)=O. The summed E-state index contributed by atoms with van der Waals surface area (Å²) < 4.78 is 15.3. The third-order valence-electron chi connectivity index (χ3n) is 1.97. The Balaban J connectivity index is 4.37. The van der Waals surface area contributed by atoms with Gasteiger partial charge in [-0.1, -0.05) is 0 Å². The third-order valence-corrected chi connectivity index (χ3v) is 1.97. The zero-order chi connectivity index (χ0) is 11.7. The fourth-order valence-electron chi connectivity index (χ4n) is 1.42. The van der Waals surface area contributed by atoms with E-state index in [1.807, 2.05) is 0 Å². The first-order chi connectivity index (χ1) is 7.10. The Hall–Kier alpha value is -0.490. The minimum Gasteiger partial charge on any atom is -0.383 e. The van der Waals surface area contributed by atoms with Gasteiger partial charge in [0.15, 0.2) is 0 Å². The zero-order valence-corrected chi connectivity index (χ0v) is 9.96. The molecule has 5 nitrogen and oxygen atoms in total. The van der Waals surface area contributed by atoms with Gasteiger partial charge in [0.2, 0.25) is 0 Å². The van der Waals surface area contributed by atoms with Gasteiger partial charge in [-0.05, 0) is 6.92 Å². The van der Waals surface area contributed by atoms with Crippen molar-refractivity contribution in [2.24, 2.45) is 0 Å². The number of rotatable bonds is 9. The number of hydrogen-bond acceptors (Lipinski definition) is 5. The van der Waals surface area contributed by atoms with Crippen molar-refractivity contribution >= 4 is 5.78 Å². The van der Waals surface area contributed by atoms with Crippen molar-refractivity contribution in [3.05, 3.63) is 0 Å². The Kier molecular flexibility index (Phi) is 7.50. The minimum absolute atomic E-state index is 0.0719. The normalized spacial score (nSPS) is 11.7. The van der Waals surface area contributed by atoms with Crippen LogP contribution in [0.2, 0.25) is 0 Å². The van der Waals surface area contributed by atoms with E-state index in [0.29, 0.717) is 19.8 Å². The highest BCUT2D eigenvalue weighted by atomic mass is 16.5. The molecule has 0 aromatic heterocycles. The quantitative estimate of drug-likeness (QED) is 0.584. The van der Waals surface area contributed by atoms with Crippen LogP contribution in [0.5, 0.6) is 0 Å². The molecule has 0 heterocycles. The van der Waals surface area contributed by atoms with E-state index in [-0.39, 0.29) is 12.3 Å². The number of methoxy groups -OCH3 is 3. The fraction of sp³-hybridized carbons (Fsp3) is 0.900. The van der Waals surface area contributed by atoms with Gasteiger partial charge in [0.25, 0.3) is 0 Å². The van der Waals surface area contributed by atoms with Crippen LogP contribution < -0.4 is 5.32 Å². The highest BCUT2D eigenvalue weighted by Gasteiger charge is 2.30. The largest absolute Gasteiger partial charge is 0.383 e. The fourth-order valence-corrected chi connectivity index (χ4v) is 1.42. The van der Waals surface area contributed by atoms with E-state index in [9.17, 15) is 4.79 Å². The van der Waals surface area contributed by atoms with E-state index in [1.54, 1.807) is 21.3 Å². The van der Waals surface area contributed by atoms with Gasteiger partial charge in [0, 0.05) is 21.3 Å². The van der Waals surface area contributed by atoms with E-state index in [1.165, 1.54) is 6.92 Å². The van der Waals surface area contributed by atoms with Crippen molar-refractivity contribution < 1.29 is 19.0 Å². The van der Waals surface area contributed by atoms with E-state index in [4.69, 9.17) is 14.2 Å². The molecule has 0 saturated carbocycles. The first kappa shape index (κ1) is 14.5. The predicted octanol–water partition coefficient (Wildman–Crippen LogP) is -0.157. The Morgan fingerprint density at radius 1 is 1.07 bits per heavy atom. The van der Waals surface area contributed by atoms with Crippen molar-refractivity contribution in [3.63, 3.8) is 0 Å². The standard InChI is InChI=1S/C10H21NO4/c1-9(12)5-11-10(6-13-2,7-14-3)8-15-4/h11H,5-8H2,1-4H3. The highest BCUT2D eigenvalue weighted by molar-refractivity contribution is 5.77. The molecular weight excluding hydrogens is 198 g/mol.